The molecule has 0 saturated heterocycles. The highest BCUT2D eigenvalue weighted by molar-refractivity contribution is 4.84. The van der Waals surface area contributed by atoms with Crippen molar-refractivity contribution >= 4 is 0 Å². The van der Waals surface area contributed by atoms with E-state index in [1.54, 1.807) is 0 Å². The first-order chi connectivity index (χ1) is 6.29. The first kappa shape index (κ1) is 12.0. The van der Waals surface area contributed by atoms with Crippen LogP contribution in [0.3, 0.4) is 0 Å². The van der Waals surface area contributed by atoms with Crippen molar-refractivity contribution in [2.75, 3.05) is 6.54 Å². The summed E-state index contributed by atoms with van der Waals surface area (Å²) in [6, 6.07) is 0.602. The number of hydrogen-bond acceptors (Lipinski definition) is 2. The molecule has 2 nitrogen and oxygen atoms in total. The van der Waals surface area contributed by atoms with Crippen molar-refractivity contribution in [3.8, 4) is 0 Å². The fraction of sp³-hybridized carbons (Fsp3) is 1.00. The van der Waals surface area contributed by atoms with Crippen molar-refractivity contribution in [2.45, 2.75) is 65.0 Å². The van der Waals surface area contributed by atoms with E-state index in [0.29, 0.717) is 18.0 Å². The zero-order valence-corrected chi connectivity index (χ0v) is 10.1. The van der Waals surface area contributed by atoms with Crippen LogP contribution in [0.1, 0.15) is 53.4 Å². The Morgan fingerprint density at radius 3 is 2.57 bits per heavy atom. The molecule has 0 bridgehead atoms. The fourth-order valence-corrected chi connectivity index (χ4v) is 2.27. The molecule has 2 heteroatoms. The highest BCUT2D eigenvalue weighted by atomic mass is 16.3. The Hall–Kier alpha value is -0.0800. The molecule has 1 aliphatic rings. The first-order valence-corrected chi connectivity index (χ1v) is 5.74. The molecule has 0 amide bonds. The lowest BCUT2D eigenvalue weighted by Crippen LogP contribution is -2.44. The summed E-state index contributed by atoms with van der Waals surface area (Å²) in [5, 5.41) is 13.1. The van der Waals surface area contributed by atoms with Crippen LogP contribution in [-0.4, -0.2) is 23.3 Å². The predicted molar refractivity (Wildman–Crippen MR) is 60.3 cm³/mol. The molecule has 0 aromatic carbocycles. The molecule has 0 spiro atoms. The van der Waals surface area contributed by atoms with Crippen molar-refractivity contribution < 1.29 is 5.11 Å². The van der Waals surface area contributed by atoms with Crippen LogP contribution in [0.25, 0.3) is 0 Å². The maximum Gasteiger partial charge on any atom is 0.0715 e. The summed E-state index contributed by atoms with van der Waals surface area (Å²) in [6.07, 6.45) is 5.16. The molecule has 1 atom stereocenters. The molecule has 14 heavy (non-hydrogen) atoms. The molecule has 0 aromatic heterocycles. The molecule has 1 aliphatic carbocycles. The molecule has 1 unspecified atom stereocenters. The molecular weight excluding hydrogens is 174 g/mol. The van der Waals surface area contributed by atoms with Crippen LogP contribution in [0.15, 0.2) is 0 Å². The summed E-state index contributed by atoms with van der Waals surface area (Å²) >= 11 is 0. The number of hydrogen-bond donors (Lipinski definition) is 2. The summed E-state index contributed by atoms with van der Waals surface area (Å²) in [4.78, 5) is 0. The van der Waals surface area contributed by atoms with Crippen LogP contribution in [-0.2, 0) is 0 Å². The van der Waals surface area contributed by atoms with Gasteiger partial charge < -0.3 is 10.4 Å². The van der Waals surface area contributed by atoms with Gasteiger partial charge in [-0.25, -0.2) is 0 Å². The Balaban J connectivity index is 2.32. The molecule has 0 aliphatic heterocycles. The second-order valence-corrected chi connectivity index (χ2v) is 6.15. The van der Waals surface area contributed by atoms with Gasteiger partial charge in [0.05, 0.1) is 5.60 Å². The molecular formula is C12H25NO. The highest BCUT2D eigenvalue weighted by Crippen LogP contribution is 2.35. The van der Waals surface area contributed by atoms with Crippen LogP contribution in [0.2, 0.25) is 0 Å². The summed E-state index contributed by atoms with van der Waals surface area (Å²) in [5.74, 6) is 0. The van der Waals surface area contributed by atoms with E-state index in [1.807, 2.05) is 13.8 Å². The fourth-order valence-electron chi connectivity index (χ4n) is 2.27. The van der Waals surface area contributed by atoms with Gasteiger partial charge in [-0.3, -0.25) is 0 Å². The van der Waals surface area contributed by atoms with Gasteiger partial charge in [0.2, 0.25) is 0 Å². The van der Waals surface area contributed by atoms with Crippen molar-refractivity contribution in [3.63, 3.8) is 0 Å². The maximum absolute atomic E-state index is 9.62. The van der Waals surface area contributed by atoms with Gasteiger partial charge in [-0.05, 0) is 38.5 Å². The monoisotopic (exact) mass is 199 g/mol. The lowest BCUT2D eigenvalue weighted by atomic mass is 9.75. The Kier molecular flexibility index (Phi) is 3.59. The third kappa shape index (κ3) is 4.43. The van der Waals surface area contributed by atoms with Gasteiger partial charge in [-0.1, -0.05) is 20.3 Å². The van der Waals surface area contributed by atoms with Gasteiger partial charge in [0.25, 0.3) is 0 Å². The average Bonchev–Trinajstić information content (AvgIpc) is 1.98. The van der Waals surface area contributed by atoms with E-state index in [0.717, 1.165) is 0 Å². The van der Waals surface area contributed by atoms with Crippen LogP contribution in [0.4, 0.5) is 0 Å². The summed E-state index contributed by atoms with van der Waals surface area (Å²) in [7, 11) is 0. The minimum atomic E-state index is -0.582. The Bertz CT molecular complexity index is 181. The summed E-state index contributed by atoms with van der Waals surface area (Å²) in [6.45, 7) is 9.09. The van der Waals surface area contributed by atoms with Crippen LogP contribution >= 0.6 is 0 Å². The van der Waals surface area contributed by atoms with Gasteiger partial charge >= 0.3 is 0 Å². The van der Waals surface area contributed by atoms with Crippen LogP contribution in [0.5, 0.6) is 0 Å². The molecule has 1 saturated carbocycles. The predicted octanol–water partition coefficient (Wildman–Crippen LogP) is 2.32. The van der Waals surface area contributed by atoms with E-state index in [-0.39, 0.29) is 0 Å². The lowest BCUT2D eigenvalue weighted by Gasteiger charge is -2.36. The van der Waals surface area contributed by atoms with Crippen molar-refractivity contribution in [2.24, 2.45) is 5.41 Å². The average molecular weight is 199 g/mol. The second-order valence-electron chi connectivity index (χ2n) is 6.15. The van der Waals surface area contributed by atoms with Gasteiger partial charge in [-0.15, -0.1) is 0 Å². The molecule has 1 rings (SSSR count). The summed E-state index contributed by atoms with van der Waals surface area (Å²) in [5.41, 5.74) is -0.100. The topological polar surface area (TPSA) is 32.3 Å². The Morgan fingerprint density at radius 2 is 2.07 bits per heavy atom. The quantitative estimate of drug-likeness (QED) is 0.731. The van der Waals surface area contributed by atoms with Gasteiger partial charge in [0.1, 0.15) is 0 Å². The van der Waals surface area contributed by atoms with E-state index in [2.05, 4.69) is 19.2 Å². The van der Waals surface area contributed by atoms with E-state index in [4.69, 9.17) is 0 Å². The molecule has 0 heterocycles. The Morgan fingerprint density at radius 1 is 1.43 bits per heavy atom. The van der Waals surface area contributed by atoms with E-state index >= 15 is 0 Å². The molecule has 2 N–H and O–H groups in total. The number of aliphatic hydroxyl groups is 1. The largest absolute Gasteiger partial charge is 0.389 e. The van der Waals surface area contributed by atoms with Crippen LogP contribution < -0.4 is 5.32 Å². The third-order valence-corrected chi connectivity index (χ3v) is 3.03. The zero-order valence-electron chi connectivity index (χ0n) is 10.1. The Labute approximate surface area is 88.1 Å². The lowest BCUT2D eigenvalue weighted by molar-refractivity contribution is 0.0698. The van der Waals surface area contributed by atoms with E-state index in [9.17, 15) is 5.11 Å². The van der Waals surface area contributed by atoms with Crippen LogP contribution in [0, 0.1) is 5.41 Å². The van der Waals surface area contributed by atoms with Crippen molar-refractivity contribution in [3.05, 3.63) is 0 Å². The SMILES string of the molecule is CC(C)(O)CNC1CCCC(C)(C)C1. The molecule has 84 valence electrons. The number of rotatable bonds is 3. The van der Waals surface area contributed by atoms with Gasteiger partial charge in [-0.2, -0.15) is 0 Å². The minimum Gasteiger partial charge on any atom is -0.389 e. The zero-order chi connectivity index (χ0) is 10.8. The molecule has 0 radical (unpaired) electrons. The van der Waals surface area contributed by atoms with Crippen molar-refractivity contribution in [1.29, 1.82) is 0 Å². The molecule has 1 fully saturated rings. The standard InChI is InChI=1S/C12H25NO/c1-11(2)7-5-6-10(8-11)13-9-12(3,4)14/h10,13-14H,5-9H2,1-4H3. The second kappa shape index (κ2) is 4.19. The van der Waals surface area contributed by atoms with Gasteiger partial charge in [0, 0.05) is 12.6 Å². The van der Waals surface area contributed by atoms with Gasteiger partial charge in [0.15, 0.2) is 0 Å². The first-order valence-electron chi connectivity index (χ1n) is 5.74. The maximum atomic E-state index is 9.62. The highest BCUT2D eigenvalue weighted by Gasteiger charge is 2.28. The van der Waals surface area contributed by atoms with E-state index < -0.39 is 5.60 Å². The normalized spacial score (nSPS) is 27.6. The smallest absolute Gasteiger partial charge is 0.0715 e. The van der Waals surface area contributed by atoms with Crippen molar-refractivity contribution in [1.82, 2.24) is 5.32 Å². The number of nitrogens with one attached hydrogen (secondary N) is 1. The third-order valence-electron chi connectivity index (χ3n) is 3.03. The summed E-state index contributed by atoms with van der Waals surface area (Å²) < 4.78 is 0. The van der Waals surface area contributed by atoms with E-state index in [1.165, 1.54) is 25.7 Å². The minimum absolute atomic E-state index is 0.482. The molecule has 0 aromatic rings.